The van der Waals surface area contributed by atoms with Crippen LogP contribution in [0.4, 0.5) is 5.69 Å². The number of carbonyl (C=O) groups is 1. The van der Waals surface area contributed by atoms with Gasteiger partial charge in [0, 0.05) is 12.4 Å². The highest BCUT2D eigenvalue weighted by atomic mass is 16.1. The average molecular weight is 124 g/mol. The van der Waals surface area contributed by atoms with Gasteiger partial charge in [0.05, 0.1) is 12.2 Å². The molecule has 0 spiro atoms. The fourth-order valence-corrected chi connectivity index (χ4v) is 0.593. The third kappa shape index (κ3) is 1.60. The molecular formula is C6H8N2O. The minimum absolute atomic E-state index is 0.373. The number of aromatic amines is 1. The largest absolute Gasteiger partial charge is 0.377 e. The molecule has 1 aromatic heterocycles. The standard InChI is InChI=1S/C6H8N2O/c9-4-3-8-6-1-2-7-5-6/h1-2,4-5,7-8H,3H2. The molecule has 1 aromatic rings. The van der Waals surface area contributed by atoms with E-state index in [1.165, 1.54) is 0 Å². The zero-order valence-corrected chi connectivity index (χ0v) is 4.92. The summed E-state index contributed by atoms with van der Waals surface area (Å²) in [5.41, 5.74) is 0.946. The van der Waals surface area contributed by atoms with Gasteiger partial charge in [-0.05, 0) is 6.07 Å². The Morgan fingerprint density at radius 2 is 2.67 bits per heavy atom. The maximum Gasteiger partial charge on any atom is 0.139 e. The van der Waals surface area contributed by atoms with E-state index in [4.69, 9.17) is 0 Å². The Hall–Kier alpha value is -1.25. The third-order valence-electron chi connectivity index (χ3n) is 0.987. The zero-order chi connectivity index (χ0) is 6.53. The second-order valence-corrected chi connectivity index (χ2v) is 1.65. The van der Waals surface area contributed by atoms with E-state index in [0.717, 1.165) is 12.0 Å². The van der Waals surface area contributed by atoms with Crippen molar-refractivity contribution in [3.8, 4) is 0 Å². The molecular weight excluding hydrogens is 116 g/mol. The van der Waals surface area contributed by atoms with Crippen molar-refractivity contribution in [3.05, 3.63) is 18.5 Å². The van der Waals surface area contributed by atoms with Crippen LogP contribution in [0.1, 0.15) is 0 Å². The minimum Gasteiger partial charge on any atom is -0.377 e. The lowest BCUT2D eigenvalue weighted by Crippen LogP contribution is -2.00. The first-order valence-electron chi connectivity index (χ1n) is 2.74. The van der Waals surface area contributed by atoms with Gasteiger partial charge in [0.2, 0.25) is 0 Å². The van der Waals surface area contributed by atoms with E-state index in [0.29, 0.717) is 6.54 Å². The molecule has 9 heavy (non-hydrogen) atoms. The normalized spacial score (nSPS) is 8.89. The summed E-state index contributed by atoms with van der Waals surface area (Å²) in [6.45, 7) is 0.373. The second-order valence-electron chi connectivity index (χ2n) is 1.65. The molecule has 3 heteroatoms. The van der Waals surface area contributed by atoms with E-state index >= 15 is 0 Å². The first kappa shape index (κ1) is 5.88. The van der Waals surface area contributed by atoms with Crippen LogP contribution in [-0.4, -0.2) is 17.8 Å². The van der Waals surface area contributed by atoms with Crippen LogP contribution < -0.4 is 5.32 Å². The molecule has 0 radical (unpaired) electrons. The maximum atomic E-state index is 9.83. The SMILES string of the molecule is O=CCNc1cc[nH]c1. The number of aldehydes is 1. The smallest absolute Gasteiger partial charge is 0.139 e. The quantitative estimate of drug-likeness (QED) is 0.580. The highest BCUT2D eigenvalue weighted by molar-refractivity contribution is 5.58. The second kappa shape index (κ2) is 2.91. The molecule has 0 aromatic carbocycles. The molecule has 0 saturated heterocycles. The number of rotatable bonds is 3. The van der Waals surface area contributed by atoms with Crippen molar-refractivity contribution in [2.75, 3.05) is 11.9 Å². The summed E-state index contributed by atoms with van der Waals surface area (Å²) in [6, 6.07) is 1.86. The van der Waals surface area contributed by atoms with Gasteiger partial charge in [-0.2, -0.15) is 0 Å². The topological polar surface area (TPSA) is 44.9 Å². The molecule has 3 nitrogen and oxygen atoms in total. The average Bonchev–Trinajstić information content (AvgIpc) is 2.34. The predicted octanol–water partition coefficient (Wildman–Crippen LogP) is 0.625. The summed E-state index contributed by atoms with van der Waals surface area (Å²) in [7, 11) is 0. The van der Waals surface area contributed by atoms with Crippen LogP contribution in [0.5, 0.6) is 0 Å². The monoisotopic (exact) mass is 124 g/mol. The van der Waals surface area contributed by atoms with Crippen LogP contribution in [0.2, 0.25) is 0 Å². The number of hydrogen-bond donors (Lipinski definition) is 2. The van der Waals surface area contributed by atoms with Crippen molar-refractivity contribution in [2.24, 2.45) is 0 Å². The predicted molar refractivity (Wildman–Crippen MR) is 35.3 cm³/mol. The van der Waals surface area contributed by atoms with Crippen LogP contribution >= 0.6 is 0 Å². The van der Waals surface area contributed by atoms with Gasteiger partial charge in [0.15, 0.2) is 0 Å². The van der Waals surface area contributed by atoms with Gasteiger partial charge < -0.3 is 15.1 Å². The Morgan fingerprint density at radius 1 is 1.78 bits per heavy atom. The molecule has 0 amide bonds. The lowest BCUT2D eigenvalue weighted by atomic mass is 10.5. The van der Waals surface area contributed by atoms with Crippen molar-refractivity contribution in [1.82, 2.24) is 4.98 Å². The molecule has 0 atom stereocenters. The van der Waals surface area contributed by atoms with Gasteiger partial charge in [-0.3, -0.25) is 0 Å². The van der Waals surface area contributed by atoms with Crippen LogP contribution in [0.3, 0.4) is 0 Å². The van der Waals surface area contributed by atoms with Crippen LogP contribution in [-0.2, 0) is 4.79 Å². The van der Waals surface area contributed by atoms with Gasteiger partial charge in [-0.25, -0.2) is 0 Å². The molecule has 0 aliphatic rings. The Balaban J connectivity index is 2.38. The zero-order valence-electron chi connectivity index (χ0n) is 4.92. The van der Waals surface area contributed by atoms with E-state index in [1.54, 1.807) is 12.4 Å². The summed E-state index contributed by atoms with van der Waals surface area (Å²) in [5, 5.41) is 2.88. The van der Waals surface area contributed by atoms with Crippen LogP contribution in [0.15, 0.2) is 18.5 Å². The highest BCUT2D eigenvalue weighted by Gasteiger charge is 1.85. The van der Waals surface area contributed by atoms with E-state index in [2.05, 4.69) is 10.3 Å². The van der Waals surface area contributed by atoms with Gasteiger partial charge in [-0.15, -0.1) is 0 Å². The van der Waals surface area contributed by atoms with Crippen molar-refractivity contribution in [2.45, 2.75) is 0 Å². The summed E-state index contributed by atoms with van der Waals surface area (Å²) in [5.74, 6) is 0. The van der Waals surface area contributed by atoms with E-state index in [9.17, 15) is 4.79 Å². The third-order valence-corrected chi connectivity index (χ3v) is 0.987. The lowest BCUT2D eigenvalue weighted by molar-refractivity contribution is -0.106. The van der Waals surface area contributed by atoms with Crippen molar-refractivity contribution in [3.63, 3.8) is 0 Å². The molecule has 0 aliphatic heterocycles. The van der Waals surface area contributed by atoms with E-state index < -0.39 is 0 Å². The summed E-state index contributed by atoms with van der Waals surface area (Å²) < 4.78 is 0. The van der Waals surface area contributed by atoms with Gasteiger partial charge >= 0.3 is 0 Å². The minimum atomic E-state index is 0.373. The Kier molecular flexibility index (Phi) is 1.90. The summed E-state index contributed by atoms with van der Waals surface area (Å²) in [6.07, 6.45) is 4.42. The molecule has 0 bridgehead atoms. The Bertz CT molecular complexity index is 169. The van der Waals surface area contributed by atoms with Crippen molar-refractivity contribution < 1.29 is 4.79 Å². The molecule has 0 unspecified atom stereocenters. The number of anilines is 1. The fraction of sp³-hybridized carbons (Fsp3) is 0.167. The number of aromatic nitrogens is 1. The Morgan fingerprint density at radius 3 is 3.22 bits per heavy atom. The van der Waals surface area contributed by atoms with Gasteiger partial charge in [0.25, 0.3) is 0 Å². The maximum absolute atomic E-state index is 9.83. The fourth-order valence-electron chi connectivity index (χ4n) is 0.593. The van der Waals surface area contributed by atoms with Crippen LogP contribution in [0.25, 0.3) is 0 Å². The number of hydrogen-bond acceptors (Lipinski definition) is 2. The van der Waals surface area contributed by atoms with Crippen molar-refractivity contribution in [1.29, 1.82) is 0 Å². The molecule has 1 heterocycles. The van der Waals surface area contributed by atoms with Crippen molar-refractivity contribution >= 4 is 12.0 Å². The van der Waals surface area contributed by atoms with Crippen LogP contribution in [0, 0.1) is 0 Å². The van der Waals surface area contributed by atoms with E-state index in [-0.39, 0.29) is 0 Å². The number of H-pyrrole nitrogens is 1. The Labute approximate surface area is 53.1 Å². The summed E-state index contributed by atoms with van der Waals surface area (Å²) >= 11 is 0. The van der Waals surface area contributed by atoms with E-state index in [1.807, 2.05) is 6.07 Å². The molecule has 0 aliphatic carbocycles. The first-order valence-corrected chi connectivity index (χ1v) is 2.74. The van der Waals surface area contributed by atoms with Gasteiger partial charge in [-0.1, -0.05) is 0 Å². The number of carbonyl (C=O) groups excluding carboxylic acids is 1. The lowest BCUT2D eigenvalue weighted by Gasteiger charge is -1.93. The molecule has 0 fully saturated rings. The molecule has 2 N–H and O–H groups in total. The van der Waals surface area contributed by atoms with Gasteiger partial charge in [0.1, 0.15) is 6.29 Å². The highest BCUT2D eigenvalue weighted by Crippen LogP contribution is 2.00. The molecule has 1 rings (SSSR count). The molecule has 0 saturated carbocycles. The first-order chi connectivity index (χ1) is 4.43. The summed E-state index contributed by atoms with van der Waals surface area (Å²) in [4.78, 5) is 12.7. The number of nitrogens with one attached hydrogen (secondary N) is 2. The molecule has 48 valence electrons.